The van der Waals surface area contributed by atoms with E-state index in [-0.39, 0.29) is 5.91 Å². The van der Waals surface area contributed by atoms with Crippen LogP contribution in [0.4, 0.5) is 0 Å². The van der Waals surface area contributed by atoms with Crippen LogP contribution in [0.25, 0.3) is 0 Å². The van der Waals surface area contributed by atoms with Gasteiger partial charge in [-0.3, -0.25) is 4.79 Å². The molecule has 0 atom stereocenters. The molecule has 1 aromatic carbocycles. The van der Waals surface area contributed by atoms with Gasteiger partial charge >= 0.3 is 0 Å². The molecular weight excluding hydrogens is 326 g/mol. The van der Waals surface area contributed by atoms with Gasteiger partial charge in [-0.15, -0.1) is 6.58 Å². The fraction of sp³-hybridized carbons (Fsp3) is 0.400. The van der Waals surface area contributed by atoms with Gasteiger partial charge in [0.15, 0.2) is 0 Å². The molecule has 0 saturated heterocycles. The summed E-state index contributed by atoms with van der Waals surface area (Å²) in [5, 5.41) is 0.572. The van der Waals surface area contributed by atoms with Gasteiger partial charge in [0.25, 0.3) is 5.91 Å². The normalized spacial score (nSPS) is 15.5. The first kappa shape index (κ1) is 14.6. The van der Waals surface area contributed by atoms with Gasteiger partial charge in [0.1, 0.15) is 0 Å². The molecule has 0 spiro atoms. The van der Waals surface area contributed by atoms with Crippen LogP contribution >= 0.6 is 27.5 Å². The fourth-order valence-corrected chi connectivity index (χ4v) is 3.46. The second kappa shape index (κ2) is 6.58. The monoisotopic (exact) mass is 341 g/mol. The third kappa shape index (κ3) is 3.61. The van der Waals surface area contributed by atoms with Gasteiger partial charge in [0, 0.05) is 27.6 Å². The van der Waals surface area contributed by atoms with Crippen molar-refractivity contribution in [3.05, 3.63) is 45.9 Å². The zero-order valence-corrected chi connectivity index (χ0v) is 13.1. The van der Waals surface area contributed by atoms with Crippen molar-refractivity contribution in [3.63, 3.8) is 0 Å². The number of halogens is 2. The smallest absolute Gasteiger partial charge is 0.254 e. The molecule has 1 aliphatic rings. The minimum atomic E-state index is 0.0370. The predicted octanol–water partition coefficient (Wildman–Crippen LogP) is 4.67. The van der Waals surface area contributed by atoms with Gasteiger partial charge in [-0.2, -0.15) is 0 Å². The Kier molecular flexibility index (Phi) is 5.06. The molecule has 2 rings (SSSR count). The number of carbonyl (C=O) groups is 1. The van der Waals surface area contributed by atoms with E-state index in [0.717, 1.165) is 17.3 Å². The van der Waals surface area contributed by atoms with E-state index in [0.29, 0.717) is 23.2 Å². The van der Waals surface area contributed by atoms with Crippen molar-refractivity contribution < 1.29 is 4.79 Å². The minimum absolute atomic E-state index is 0.0370. The van der Waals surface area contributed by atoms with Crippen LogP contribution in [0.2, 0.25) is 5.02 Å². The molecule has 0 aromatic heterocycles. The van der Waals surface area contributed by atoms with Crippen molar-refractivity contribution >= 4 is 33.4 Å². The van der Waals surface area contributed by atoms with Gasteiger partial charge < -0.3 is 4.90 Å². The Morgan fingerprint density at radius 2 is 2.11 bits per heavy atom. The molecule has 0 bridgehead atoms. The summed E-state index contributed by atoms with van der Waals surface area (Å²) in [6.07, 6.45) is 6.36. The van der Waals surface area contributed by atoms with Crippen LogP contribution in [0.15, 0.2) is 35.3 Å². The largest absolute Gasteiger partial charge is 0.332 e. The van der Waals surface area contributed by atoms with Crippen molar-refractivity contribution in [3.8, 4) is 0 Å². The molecule has 0 unspecified atom stereocenters. The molecule has 4 heteroatoms. The van der Waals surface area contributed by atoms with E-state index in [1.54, 1.807) is 18.2 Å². The van der Waals surface area contributed by atoms with Crippen LogP contribution in [0.3, 0.4) is 0 Å². The van der Waals surface area contributed by atoms with E-state index >= 15 is 0 Å². The van der Waals surface area contributed by atoms with Crippen molar-refractivity contribution in [2.45, 2.75) is 31.7 Å². The maximum absolute atomic E-state index is 12.6. The molecular formula is C15H17BrClNO. The summed E-state index contributed by atoms with van der Waals surface area (Å²) in [5.74, 6) is 0.0370. The Morgan fingerprint density at radius 1 is 1.42 bits per heavy atom. The number of rotatable bonds is 4. The average molecular weight is 343 g/mol. The van der Waals surface area contributed by atoms with Gasteiger partial charge in [0.05, 0.1) is 0 Å². The summed E-state index contributed by atoms with van der Waals surface area (Å²) < 4.78 is 0.827. The summed E-state index contributed by atoms with van der Waals surface area (Å²) in [7, 11) is 0. The molecule has 102 valence electrons. The maximum atomic E-state index is 12.6. The highest BCUT2D eigenvalue weighted by atomic mass is 79.9. The molecule has 1 fully saturated rings. The van der Waals surface area contributed by atoms with E-state index in [4.69, 9.17) is 11.6 Å². The van der Waals surface area contributed by atoms with Crippen molar-refractivity contribution in [1.82, 2.24) is 4.90 Å². The second-order valence-corrected chi connectivity index (χ2v) is 6.19. The van der Waals surface area contributed by atoms with Crippen molar-refractivity contribution in [2.75, 3.05) is 6.54 Å². The van der Waals surface area contributed by atoms with E-state index in [1.165, 1.54) is 12.8 Å². The van der Waals surface area contributed by atoms with Crippen molar-refractivity contribution in [2.24, 2.45) is 0 Å². The number of hydrogen-bond donors (Lipinski definition) is 0. The number of carbonyl (C=O) groups excluding carboxylic acids is 1. The number of nitrogens with zero attached hydrogens (tertiary/aromatic N) is 1. The second-order valence-electron chi connectivity index (χ2n) is 4.84. The molecule has 1 aromatic rings. The van der Waals surface area contributed by atoms with Crippen LogP contribution in [0, 0.1) is 0 Å². The molecule has 2 nitrogen and oxygen atoms in total. The molecule has 1 saturated carbocycles. The third-order valence-electron chi connectivity index (χ3n) is 3.46. The van der Waals surface area contributed by atoms with E-state index in [2.05, 4.69) is 22.5 Å². The first-order chi connectivity index (χ1) is 9.11. The number of amides is 1. The molecule has 19 heavy (non-hydrogen) atoms. The molecule has 0 radical (unpaired) electrons. The van der Waals surface area contributed by atoms with Gasteiger partial charge in [-0.1, -0.05) is 46.4 Å². The van der Waals surface area contributed by atoms with Crippen LogP contribution in [-0.4, -0.2) is 23.4 Å². The summed E-state index contributed by atoms with van der Waals surface area (Å²) in [6, 6.07) is 5.66. The first-order valence-corrected chi connectivity index (χ1v) is 7.67. The standard InChI is InChI=1S/C15H17BrClNO/c1-2-7-18(14-5-3-4-6-14)15(19)11-8-12(16)10-13(17)9-11/h2,8-10,14H,1,3-7H2. The molecule has 1 aliphatic carbocycles. The van der Waals surface area contributed by atoms with Crippen LogP contribution in [0.1, 0.15) is 36.0 Å². The van der Waals surface area contributed by atoms with E-state index < -0.39 is 0 Å². The Bertz CT molecular complexity index is 463. The van der Waals surface area contributed by atoms with Crippen LogP contribution < -0.4 is 0 Å². The van der Waals surface area contributed by atoms with Crippen LogP contribution in [0.5, 0.6) is 0 Å². The first-order valence-electron chi connectivity index (χ1n) is 6.50. The highest BCUT2D eigenvalue weighted by Crippen LogP contribution is 2.26. The third-order valence-corrected chi connectivity index (χ3v) is 4.14. The average Bonchev–Trinajstić information content (AvgIpc) is 2.87. The number of benzene rings is 1. The van der Waals surface area contributed by atoms with E-state index in [9.17, 15) is 4.79 Å². The quantitative estimate of drug-likeness (QED) is 0.728. The summed E-state index contributed by atoms with van der Waals surface area (Å²) in [4.78, 5) is 14.5. The van der Waals surface area contributed by atoms with Crippen LogP contribution in [-0.2, 0) is 0 Å². The summed E-state index contributed by atoms with van der Waals surface area (Å²) in [5.41, 5.74) is 0.633. The maximum Gasteiger partial charge on any atom is 0.254 e. The fourth-order valence-electron chi connectivity index (χ4n) is 2.60. The van der Waals surface area contributed by atoms with E-state index in [1.807, 2.05) is 11.0 Å². The lowest BCUT2D eigenvalue weighted by Crippen LogP contribution is -2.38. The predicted molar refractivity (Wildman–Crippen MR) is 82.6 cm³/mol. The number of hydrogen-bond acceptors (Lipinski definition) is 1. The molecule has 1 amide bonds. The topological polar surface area (TPSA) is 20.3 Å². The SMILES string of the molecule is C=CCN(C(=O)c1cc(Cl)cc(Br)c1)C1CCCC1. The Hall–Kier alpha value is -0.800. The van der Waals surface area contributed by atoms with Crippen molar-refractivity contribution in [1.29, 1.82) is 0 Å². The highest BCUT2D eigenvalue weighted by molar-refractivity contribution is 9.10. The highest BCUT2D eigenvalue weighted by Gasteiger charge is 2.26. The zero-order chi connectivity index (χ0) is 13.8. The van der Waals surface area contributed by atoms with Gasteiger partial charge in [0.2, 0.25) is 0 Å². The Morgan fingerprint density at radius 3 is 2.68 bits per heavy atom. The zero-order valence-electron chi connectivity index (χ0n) is 10.7. The molecule has 0 aliphatic heterocycles. The molecule has 0 heterocycles. The van der Waals surface area contributed by atoms with Gasteiger partial charge in [-0.05, 0) is 31.0 Å². The Balaban J connectivity index is 2.24. The minimum Gasteiger partial charge on any atom is -0.332 e. The lowest BCUT2D eigenvalue weighted by Gasteiger charge is -2.28. The Labute approximate surface area is 127 Å². The van der Waals surface area contributed by atoms with Gasteiger partial charge in [-0.25, -0.2) is 0 Å². The lowest BCUT2D eigenvalue weighted by molar-refractivity contribution is 0.0706. The summed E-state index contributed by atoms with van der Waals surface area (Å²) >= 11 is 9.39. The summed E-state index contributed by atoms with van der Waals surface area (Å²) in [6.45, 7) is 4.34. The molecule has 0 N–H and O–H groups in total. The lowest BCUT2D eigenvalue weighted by atomic mass is 10.1.